The number of amides is 2. The molecule has 1 fully saturated rings. The van der Waals surface area contributed by atoms with Crippen molar-refractivity contribution in [2.24, 2.45) is 0 Å². The molecule has 2 amide bonds. The van der Waals surface area contributed by atoms with E-state index in [0.717, 1.165) is 35.5 Å². The minimum absolute atomic E-state index is 0.0585. The Morgan fingerprint density at radius 2 is 1.84 bits per heavy atom. The van der Waals surface area contributed by atoms with Crippen LogP contribution in [0.4, 0.5) is 4.79 Å². The third-order valence-electron chi connectivity index (χ3n) is 5.63. The zero-order valence-electron chi connectivity index (χ0n) is 19.5. The van der Waals surface area contributed by atoms with Gasteiger partial charge in [0.1, 0.15) is 11.6 Å². The van der Waals surface area contributed by atoms with Crippen molar-refractivity contribution in [1.29, 1.82) is 0 Å². The van der Waals surface area contributed by atoms with E-state index in [0.29, 0.717) is 19.5 Å². The summed E-state index contributed by atoms with van der Waals surface area (Å²) in [5.74, 6) is -0.0585. The van der Waals surface area contributed by atoms with Crippen LogP contribution in [-0.2, 0) is 16.1 Å². The molecule has 0 unspecified atom stereocenters. The maximum absolute atomic E-state index is 13.3. The predicted molar refractivity (Wildman–Crippen MR) is 120 cm³/mol. The SMILES string of the molecule is Cc1nn(-c2ccccc2)c(C)c1CN(C)C(=O)[C@@H]1CCCCN1C(=O)OC(C)(C)C. The summed E-state index contributed by atoms with van der Waals surface area (Å²) in [4.78, 5) is 29.3. The molecule has 2 heterocycles. The van der Waals surface area contributed by atoms with Gasteiger partial charge in [-0.05, 0) is 66.0 Å². The lowest BCUT2D eigenvalue weighted by atomic mass is 10.0. The van der Waals surface area contributed by atoms with E-state index in [4.69, 9.17) is 4.74 Å². The monoisotopic (exact) mass is 426 g/mol. The Labute approximate surface area is 185 Å². The van der Waals surface area contributed by atoms with E-state index in [9.17, 15) is 9.59 Å². The van der Waals surface area contributed by atoms with Gasteiger partial charge in [0, 0.05) is 31.4 Å². The molecule has 1 saturated heterocycles. The van der Waals surface area contributed by atoms with Gasteiger partial charge in [-0.15, -0.1) is 0 Å². The van der Waals surface area contributed by atoms with E-state index in [2.05, 4.69) is 5.10 Å². The second-order valence-electron chi connectivity index (χ2n) is 9.28. The molecule has 1 aliphatic heterocycles. The van der Waals surface area contributed by atoms with E-state index in [-0.39, 0.29) is 5.91 Å². The molecule has 0 radical (unpaired) electrons. The second kappa shape index (κ2) is 9.12. The zero-order chi connectivity index (χ0) is 22.8. The zero-order valence-corrected chi connectivity index (χ0v) is 19.5. The lowest BCUT2D eigenvalue weighted by Gasteiger charge is -2.37. The largest absolute Gasteiger partial charge is 0.444 e. The number of ether oxygens (including phenoxy) is 1. The molecule has 0 aliphatic carbocycles. The first-order valence-electron chi connectivity index (χ1n) is 10.9. The van der Waals surface area contributed by atoms with Crippen LogP contribution >= 0.6 is 0 Å². The smallest absolute Gasteiger partial charge is 0.410 e. The number of carbonyl (C=O) groups excluding carboxylic acids is 2. The molecule has 0 saturated carbocycles. The molecular formula is C24H34N4O3. The highest BCUT2D eigenvalue weighted by Crippen LogP contribution is 2.24. The first kappa shape index (κ1) is 22.8. The van der Waals surface area contributed by atoms with Gasteiger partial charge in [-0.1, -0.05) is 18.2 Å². The van der Waals surface area contributed by atoms with Gasteiger partial charge in [0.05, 0.1) is 11.4 Å². The Balaban J connectivity index is 1.77. The highest BCUT2D eigenvalue weighted by Gasteiger charge is 2.36. The number of rotatable bonds is 4. The van der Waals surface area contributed by atoms with Gasteiger partial charge < -0.3 is 9.64 Å². The Bertz CT molecular complexity index is 930. The van der Waals surface area contributed by atoms with Crippen LogP contribution in [0.25, 0.3) is 5.69 Å². The maximum Gasteiger partial charge on any atom is 0.410 e. The van der Waals surface area contributed by atoms with Gasteiger partial charge in [0.15, 0.2) is 0 Å². The minimum atomic E-state index is -0.589. The van der Waals surface area contributed by atoms with Crippen LogP contribution < -0.4 is 0 Å². The van der Waals surface area contributed by atoms with Gasteiger partial charge in [0.25, 0.3) is 0 Å². The number of carbonyl (C=O) groups is 2. The second-order valence-corrected chi connectivity index (χ2v) is 9.28. The molecule has 1 atom stereocenters. The van der Waals surface area contributed by atoms with Crippen LogP contribution in [0, 0.1) is 13.8 Å². The molecule has 1 aliphatic rings. The van der Waals surface area contributed by atoms with Gasteiger partial charge >= 0.3 is 6.09 Å². The van der Waals surface area contributed by atoms with Crippen molar-refractivity contribution in [2.75, 3.05) is 13.6 Å². The molecule has 7 nitrogen and oxygen atoms in total. The van der Waals surface area contributed by atoms with Gasteiger partial charge in [-0.25, -0.2) is 9.48 Å². The highest BCUT2D eigenvalue weighted by molar-refractivity contribution is 5.86. The summed E-state index contributed by atoms with van der Waals surface area (Å²) in [5.41, 5.74) is 3.34. The highest BCUT2D eigenvalue weighted by atomic mass is 16.6. The lowest BCUT2D eigenvalue weighted by Crippen LogP contribution is -2.53. The van der Waals surface area contributed by atoms with Crippen LogP contribution in [0.3, 0.4) is 0 Å². The van der Waals surface area contributed by atoms with Crippen LogP contribution in [0.2, 0.25) is 0 Å². The molecule has 2 aromatic rings. The topological polar surface area (TPSA) is 67.7 Å². The molecular weight excluding hydrogens is 392 g/mol. The number of aryl methyl sites for hydroxylation is 1. The van der Waals surface area contributed by atoms with Crippen molar-refractivity contribution in [3.8, 4) is 5.69 Å². The molecule has 31 heavy (non-hydrogen) atoms. The van der Waals surface area contributed by atoms with Crippen LogP contribution in [0.15, 0.2) is 30.3 Å². The summed E-state index contributed by atoms with van der Waals surface area (Å²) in [6, 6.07) is 9.48. The number of hydrogen-bond acceptors (Lipinski definition) is 4. The number of piperidine rings is 1. The van der Waals surface area contributed by atoms with Crippen molar-refractivity contribution in [3.63, 3.8) is 0 Å². The normalized spacial score (nSPS) is 16.8. The Morgan fingerprint density at radius 3 is 2.48 bits per heavy atom. The average molecular weight is 427 g/mol. The van der Waals surface area contributed by atoms with Crippen molar-refractivity contribution in [3.05, 3.63) is 47.3 Å². The van der Waals surface area contributed by atoms with E-state index in [1.165, 1.54) is 0 Å². The van der Waals surface area contributed by atoms with Gasteiger partial charge in [-0.2, -0.15) is 5.10 Å². The summed E-state index contributed by atoms with van der Waals surface area (Å²) in [7, 11) is 1.79. The molecule has 3 rings (SSSR count). The average Bonchev–Trinajstić information content (AvgIpc) is 3.00. The maximum atomic E-state index is 13.3. The van der Waals surface area contributed by atoms with Gasteiger partial charge in [-0.3, -0.25) is 9.69 Å². The first-order chi connectivity index (χ1) is 14.6. The van der Waals surface area contributed by atoms with Crippen molar-refractivity contribution < 1.29 is 14.3 Å². The van der Waals surface area contributed by atoms with E-state index < -0.39 is 17.7 Å². The number of benzene rings is 1. The number of likely N-dealkylation sites (tertiary alicyclic amines) is 1. The summed E-state index contributed by atoms with van der Waals surface area (Å²) in [6.07, 6.45) is 2.05. The van der Waals surface area contributed by atoms with Crippen LogP contribution in [0.5, 0.6) is 0 Å². The number of para-hydroxylation sites is 1. The lowest BCUT2D eigenvalue weighted by molar-refractivity contribution is -0.137. The quantitative estimate of drug-likeness (QED) is 0.733. The number of hydrogen-bond donors (Lipinski definition) is 0. The van der Waals surface area contributed by atoms with Gasteiger partial charge in [0.2, 0.25) is 5.91 Å². The predicted octanol–water partition coefficient (Wildman–Crippen LogP) is 4.24. The van der Waals surface area contributed by atoms with E-state index in [1.807, 2.05) is 69.6 Å². The van der Waals surface area contributed by atoms with Crippen molar-refractivity contribution >= 4 is 12.0 Å². The fourth-order valence-electron chi connectivity index (χ4n) is 4.02. The summed E-state index contributed by atoms with van der Waals surface area (Å²) < 4.78 is 7.46. The first-order valence-corrected chi connectivity index (χ1v) is 10.9. The number of nitrogens with zero attached hydrogens (tertiary/aromatic N) is 4. The molecule has 7 heteroatoms. The van der Waals surface area contributed by atoms with Crippen LogP contribution in [0.1, 0.15) is 57.0 Å². The summed E-state index contributed by atoms with van der Waals surface area (Å²) in [5, 5.41) is 4.68. The molecule has 0 N–H and O–H groups in total. The Morgan fingerprint density at radius 1 is 1.16 bits per heavy atom. The van der Waals surface area contributed by atoms with E-state index in [1.54, 1.807) is 16.8 Å². The number of likely N-dealkylation sites (N-methyl/N-ethyl adjacent to an activating group) is 1. The standard InChI is InChI=1S/C24H34N4O3/c1-17-20(18(2)28(25-17)19-12-8-7-9-13-19)16-26(6)22(29)21-14-10-11-15-27(21)23(30)31-24(3,4)5/h7-9,12-13,21H,10-11,14-16H2,1-6H3/t21-/m0/s1. The van der Waals surface area contributed by atoms with Crippen molar-refractivity contribution in [1.82, 2.24) is 19.6 Å². The fraction of sp³-hybridized carbons (Fsp3) is 0.542. The molecule has 1 aromatic carbocycles. The molecule has 0 spiro atoms. The van der Waals surface area contributed by atoms with E-state index >= 15 is 0 Å². The molecule has 0 bridgehead atoms. The molecule has 1 aromatic heterocycles. The molecule has 168 valence electrons. The van der Waals surface area contributed by atoms with Crippen LogP contribution in [-0.4, -0.2) is 56.8 Å². The number of aromatic nitrogens is 2. The van der Waals surface area contributed by atoms with Crippen molar-refractivity contribution in [2.45, 2.75) is 72.1 Å². The third-order valence-corrected chi connectivity index (χ3v) is 5.63. The fourth-order valence-corrected chi connectivity index (χ4v) is 4.02. The third kappa shape index (κ3) is 5.27. The summed E-state index contributed by atoms with van der Waals surface area (Å²) in [6.45, 7) is 10.5. The Kier molecular flexibility index (Phi) is 6.72. The minimum Gasteiger partial charge on any atom is -0.444 e. The summed E-state index contributed by atoms with van der Waals surface area (Å²) >= 11 is 0. The Hall–Kier alpha value is -2.83.